The van der Waals surface area contributed by atoms with Gasteiger partial charge in [-0.15, -0.1) is 0 Å². The van der Waals surface area contributed by atoms with Gasteiger partial charge in [0.15, 0.2) is 0 Å². The molecule has 4 nitrogen and oxygen atoms in total. The summed E-state index contributed by atoms with van der Waals surface area (Å²) in [5.74, 6) is 3.12. The highest BCUT2D eigenvalue weighted by molar-refractivity contribution is 5.76. The fourth-order valence-corrected chi connectivity index (χ4v) is 4.58. The van der Waals surface area contributed by atoms with Crippen molar-refractivity contribution in [2.45, 2.75) is 88.6 Å². The smallest absolute Gasteiger partial charge is 0.224 e. The summed E-state index contributed by atoms with van der Waals surface area (Å²) in [4.78, 5) is 15.1. The Hall–Kier alpha value is -1.45. The van der Waals surface area contributed by atoms with Gasteiger partial charge in [0.25, 0.3) is 0 Å². The number of carbonyl (C=O) groups is 1. The molecule has 0 aromatic rings. The summed E-state index contributed by atoms with van der Waals surface area (Å²) in [5, 5.41) is 6.95. The Morgan fingerprint density at radius 3 is 2.03 bits per heavy atom. The van der Waals surface area contributed by atoms with Crippen LogP contribution < -0.4 is 10.6 Å². The van der Waals surface area contributed by atoms with Gasteiger partial charge >= 0.3 is 0 Å². The van der Waals surface area contributed by atoms with Crippen molar-refractivity contribution >= 4 is 5.91 Å². The zero-order valence-electron chi connectivity index (χ0n) is 23.3. The van der Waals surface area contributed by atoms with Crippen molar-refractivity contribution in [1.29, 1.82) is 0 Å². The largest absolute Gasteiger partial charge is 0.372 e. The normalized spacial score (nSPS) is 23.0. The average Bonchev–Trinajstić information content (AvgIpc) is 3.16. The van der Waals surface area contributed by atoms with Gasteiger partial charge in [-0.2, -0.15) is 0 Å². The van der Waals surface area contributed by atoms with Crippen LogP contribution in [0.3, 0.4) is 0 Å². The van der Waals surface area contributed by atoms with Crippen molar-refractivity contribution in [2.75, 3.05) is 20.1 Å². The van der Waals surface area contributed by atoms with Gasteiger partial charge in [-0.25, -0.2) is 0 Å². The zero-order chi connectivity index (χ0) is 25.2. The molecule has 5 atom stereocenters. The van der Waals surface area contributed by atoms with E-state index in [9.17, 15) is 4.79 Å². The van der Waals surface area contributed by atoms with Gasteiger partial charge in [0.05, 0.1) is 5.82 Å². The van der Waals surface area contributed by atoms with E-state index in [4.69, 9.17) is 0 Å². The minimum Gasteiger partial charge on any atom is -0.372 e. The number of hydrogen-bond acceptors (Lipinski definition) is 3. The van der Waals surface area contributed by atoms with Crippen LogP contribution in [0.2, 0.25) is 0 Å². The summed E-state index contributed by atoms with van der Waals surface area (Å²) < 4.78 is 0. The number of hydrogen-bond donors (Lipinski definition) is 2. The summed E-state index contributed by atoms with van der Waals surface area (Å²) in [7, 11) is 1.96. The van der Waals surface area contributed by atoms with E-state index in [1.54, 1.807) is 0 Å². The third-order valence-electron chi connectivity index (χ3n) is 8.22. The van der Waals surface area contributed by atoms with Crippen LogP contribution in [-0.4, -0.2) is 37.0 Å². The third-order valence-corrected chi connectivity index (χ3v) is 8.22. The number of rotatable bonds is 11. The molecule has 0 bridgehead atoms. The van der Waals surface area contributed by atoms with Crippen LogP contribution in [0.5, 0.6) is 0 Å². The molecular formula is C28H53N3O. The van der Waals surface area contributed by atoms with E-state index in [2.05, 4.69) is 100.0 Å². The monoisotopic (exact) mass is 447 g/mol. The summed E-state index contributed by atoms with van der Waals surface area (Å²) in [5.41, 5.74) is 1.68. The van der Waals surface area contributed by atoms with Gasteiger partial charge in [-0.1, -0.05) is 88.0 Å². The molecule has 0 aromatic heterocycles. The van der Waals surface area contributed by atoms with E-state index >= 15 is 0 Å². The highest BCUT2D eigenvalue weighted by atomic mass is 16.2. The molecule has 0 radical (unpaired) electrons. The molecular weight excluding hydrogens is 394 g/mol. The Balaban J connectivity index is 2.71. The highest BCUT2D eigenvalue weighted by Crippen LogP contribution is 2.62. The Morgan fingerprint density at radius 1 is 1.06 bits per heavy atom. The molecule has 1 amide bonds. The number of allylic oxidation sites excluding steroid dienone is 1. The summed E-state index contributed by atoms with van der Waals surface area (Å²) >= 11 is 0. The van der Waals surface area contributed by atoms with Gasteiger partial charge in [0.2, 0.25) is 5.91 Å². The minimum absolute atomic E-state index is 0.0137. The predicted octanol–water partition coefficient (Wildman–Crippen LogP) is 6.07. The van der Waals surface area contributed by atoms with Crippen LogP contribution in [0.4, 0.5) is 0 Å². The molecule has 0 aliphatic heterocycles. The lowest BCUT2D eigenvalue weighted by Gasteiger charge is -2.35. The maximum atomic E-state index is 13.2. The molecule has 1 rings (SSSR count). The summed E-state index contributed by atoms with van der Waals surface area (Å²) in [6, 6.07) is 0.0137. The van der Waals surface area contributed by atoms with Crippen LogP contribution in [0.15, 0.2) is 24.6 Å². The predicted molar refractivity (Wildman–Crippen MR) is 139 cm³/mol. The second-order valence-electron chi connectivity index (χ2n) is 13.3. The van der Waals surface area contributed by atoms with Crippen LogP contribution in [0, 0.1) is 39.9 Å². The van der Waals surface area contributed by atoms with Crippen molar-refractivity contribution < 1.29 is 4.79 Å². The van der Waals surface area contributed by atoms with E-state index in [1.165, 1.54) is 5.57 Å². The second kappa shape index (κ2) is 10.2. The summed E-state index contributed by atoms with van der Waals surface area (Å²) in [6.07, 6.45) is 0.462. The first-order chi connectivity index (χ1) is 14.3. The second-order valence-corrected chi connectivity index (χ2v) is 13.3. The molecule has 0 saturated heterocycles. The van der Waals surface area contributed by atoms with Gasteiger partial charge < -0.3 is 15.5 Å². The molecule has 2 N–H and O–H groups in total. The minimum atomic E-state index is -0.0629. The molecule has 32 heavy (non-hydrogen) atoms. The molecule has 4 heteroatoms. The lowest BCUT2D eigenvalue weighted by atomic mass is 9.82. The van der Waals surface area contributed by atoms with Crippen molar-refractivity contribution in [1.82, 2.24) is 15.5 Å². The van der Waals surface area contributed by atoms with Crippen LogP contribution in [0.25, 0.3) is 0 Å². The van der Waals surface area contributed by atoms with E-state index in [0.29, 0.717) is 30.1 Å². The molecule has 1 aliphatic carbocycles. The van der Waals surface area contributed by atoms with Crippen molar-refractivity contribution in [3.8, 4) is 0 Å². The van der Waals surface area contributed by atoms with E-state index in [1.807, 2.05) is 11.9 Å². The Morgan fingerprint density at radius 2 is 1.59 bits per heavy atom. The Kier molecular flexibility index (Phi) is 9.13. The molecule has 0 heterocycles. The zero-order valence-corrected chi connectivity index (χ0v) is 23.3. The van der Waals surface area contributed by atoms with E-state index < -0.39 is 0 Å². The standard InChI is InChI=1S/C28H53N3O/c1-18(2)20(4)25-22(28(25,12)13)17-31(14)24(32)15-23(27(9,10)11)30-21(5)29-16-19(3)26(6,7)8/h19-20,22-23,25,29-30H,1,5,15-17H2,2-4,6-14H3/t19?,20?,22-,23?,25+/m0/s1. The van der Waals surface area contributed by atoms with Gasteiger partial charge in [0.1, 0.15) is 0 Å². The lowest BCUT2D eigenvalue weighted by molar-refractivity contribution is -0.131. The number of nitrogens with zero attached hydrogens (tertiary/aromatic N) is 1. The number of amides is 1. The van der Waals surface area contributed by atoms with Crippen LogP contribution >= 0.6 is 0 Å². The first kappa shape index (κ1) is 28.6. The van der Waals surface area contributed by atoms with Gasteiger partial charge in [0, 0.05) is 32.6 Å². The topological polar surface area (TPSA) is 44.4 Å². The molecule has 3 unspecified atom stereocenters. The van der Waals surface area contributed by atoms with Crippen LogP contribution in [0.1, 0.15) is 82.6 Å². The molecule has 1 aliphatic rings. The molecule has 0 spiro atoms. The third kappa shape index (κ3) is 7.56. The molecule has 0 aromatic carbocycles. The average molecular weight is 448 g/mol. The first-order valence-electron chi connectivity index (χ1n) is 12.4. The SMILES string of the molecule is C=C(NCC(C)C(C)(C)C)NC(CC(=O)N(C)C[C@H]1[C@@H](C(C)C(=C)C)C1(C)C)C(C)(C)C. The van der Waals surface area contributed by atoms with Gasteiger partial charge in [-0.3, -0.25) is 4.79 Å². The molecule has 186 valence electrons. The number of nitrogens with one attached hydrogen (secondary N) is 2. The lowest BCUT2D eigenvalue weighted by Crippen LogP contribution is -2.47. The fourth-order valence-electron chi connectivity index (χ4n) is 4.58. The molecule has 1 fully saturated rings. The molecule has 1 saturated carbocycles. The Labute approximate surface area is 199 Å². The Bertz CT molecular complexity index is 680. The maximum Gasteiger partial charge on any atom is 0.224 e. The van der Waals surface area contributed by atoms with Gasteiger partial charge in [-0.05, 0) is 46.8 Å². The van der Waals surface area contributed by atoms with E-state index in [-0.39, 0.29) is 28.2 Å². The summed E-state index contributed by atoms with van der Waals surface area (Å²) in [6.45, 7) is 34.6. The van der Waals surface area contributed by atoms with E-state index in [0.717, 1.165) is 18.9 Å². The first-order valence-corrected chi connectivity index (χ1v) is 12.4. The number of carbonyl (C=O) groups excluding carboxylic acids is 1. The van der Waals surface area contributed by atoms with Crippen molar-refractivity contribution in [3.05, 3.63) is 24.6 Å². The maximum absolute atomic E-state index is 13.2. The quantitative estimate of drug-likeness (QED) is 0.378. The van der Waals surface area contributed by atoms with Crippen molar-refractivity contribution in [2.24, 2.45) is 39.9 Å². The van der Waals surface area contributed by atoms with Crippen molar-refractivity contribution in [3.63, 3.8) is 0 Å². The highest BCUT2D eigenvalue weighted by Gasteiger charge is 2.59. The van der Waals surface area contributed by atoms with Crippen LogP contribution in [-0.2, 0) is 4.79 Å². The fraction of sp³-hybridized carbons (Fsp3) is 0.821.